The molecule has 0 saturated heterocycles. The standard InChI is InChI=1S/C12H17N3/c1-4-10-5-6-11-9(8-15(2)3)7-13-12(11)14-10/h5-7H,4,8H2,1-3H3,(H,13,14). The summed E-state index contributed by atoms with van der Waals surface area (Å²) < 4.78 is 0. The van der Waals surface area contributed by atoms with Gasteiger partial charge in [0.2, 0.25) is 0 Å². The fourth-order valence-corrected chi connectivity index (χ4v) is 1.77. The largest absolute Gasteiger partial charge is 0.346 e. The van der Waals surface area contributed by atoms with E-state index in [9.17, 15) is 0 Å². The van der Waals surface area contributed by atoms with Crippen molar-refractivity contribution in [3.63, 3.8) is 0 Å². The van der Waals surface area contributed by atoms with Crippen LogP contribution in [0.2, 0.25) is 0 Å². The third-order valence-electron chi connectivity index (χ3n) is 2.53. The third kappa shape index (κ3) is 2.02. The molecule has 0 atom stereocenters. The summed E-state index contributed by atoms with van der Waals surface area (Å²) in [6.45, 7) is 3.07. The minimum absolute atomic E-state index is 0.952. The lowest BCUT2D eigenvalue weighted by Crippen LogP contribution is -2.10. The van der Waals surface area contributed by atoms with Crippen LogP contribution in [0.1, 0.15) is 18.2 Å². The molecule has 3 nitrogen and oxygen atoms in total. The highest BCUT2D eigenvalue weighted by molar-refractivity contribution is 5.79. The van der Waals surface area contributed by atoms with Crippen LogP contribution in [0, 0.1) is 0 Å². The molecule has 0 aliphatic heterocycles. The zero-order valence-corrected chi connectivity index (χ0v) is 9.54. The second-order valence-corrected chi connectivity index (χ2v) is 4.10. The highest BCUT2D eigenvalue weighted by Gasteiger charge is 2.05. The molecule has 0 spiro atoms. The molecule has 80 valence electrons. The van der Waals surface area contributed by atoms with Gasteiger partial charge < -0.3 is 9.88 Å². The van der Waals surface area contributed by atoms with Crippen molar-refractivity contribution in [1.82, 2.24) is 14.9 Å². The minimum Gasteiger partial charge on any atom is -0.346 e. The Balaban J connectivity index is 2.43. The molecular weight excluding hydrogens is 186 g/mol. The highest BCUT2D eigenvalue weighted by Crippen LogP contribution is 2.18. The number of rotatable bonds is 3. The molecule has 1 N–H and O–H groups in total. The smallest absolute Gasteiger partial charge is 0.137 e. The molecule has 0 unspecified atom stereocenters. The third-order valence-corrected chi connectivity index (χ3v) is 2.53. The van der Waals surface area contributed by atoms with Gasteiger partial charge in [-0.15, -0.1) is 0 Å². The van der Waals surface area contributed by atoms with Gasteiger partial charge in [-0.05, 0) is 38.2 Å². The predicted molar refractivity (Wildman–Crippen MR) is 62.9 cm³/mol. The highest BCUT2D eigenvalue weighted by atomic mass is 15.1. The van der Waals surface area contributed by atoms with Gasteiger partial charge in [-0.25, -0.2) is 4.98 Å². The molecule has 2 aromatic rings. The summed E-state index contributed by atoms with van der Waals surface area (Å²) in [6.07, 6.45) is 3.04. The van der Waals surface area contributed by atoms with Crippen LogP contribution in [0.25, 0.3) is 11.0 Å². The Morgan fingerprint density at radius 3 is 2.80 bits per heavy atom. The van der Waals surface area contributed by atoms with E-state index in [1.165, 1.54) is 10.9 Å². The zero-order valence-electron chi connectivity index (χ0n) is 9.54. The van der Waals surface area contributed by atoms with Gasteiger partial charge in [-0.2, -0.15) is 0 Å². The molecule has 0 saturated carbocycles. The van der Waals surface area contributed by atoms with Gasteiger partial charge in [0.05, 0.1) is 0 Å². The monoisotopic (exact) mass is 203 g/mol. The molecule has 0 aliphatic carbocycles. The molecular formula is C12H17N3. The molecule has 15 heavy (non-hydrogen) atoms. The Bertz CT molecular complexity index is 457. The molecule has 0 aromatic carbocycles. The summed E-state index contributed by atoms with van der Waals surface area (Å²) in [6, 6.07) is 4.27. The Labute approximate surface area is 90.1 Å². The first kappa shape index (κ1) is 10.2. The van der Waals surface area contributed by atoms with E-state index in [0.717, 1.165) is 24.3 Å². The van der Waals surface area contributed by atoms with Crippen molar-refractivity contribution in [2.75, 3.05) is 14.1 Å². The van der Waals surface area contributed by atoms with Crippen LogP contribution >= 0.6 is 0 Å². The van der Waals surface area contributed by atoms with Crippen molar-refractivity contribution >= 4 is 11.0 Å². The fourth-order valence-electron chi connectivity index (χ4n) is 1.77. The van der Waals surface area contributed by atoms with Gasteiger partial charge in [0.15, 0.2) is 0 Å². The predicted octanol–water partition coefficient (Wildman–Crippen LogP) is 2.19. The normalized spacial score (nSPS) is 11.5. The Kier molecular flexibility index (Phi) is 2.73. The molecule has 0 bridgehead atoms. The van der Waals surface area contributed by atoms with Crippen LogP contribution < -0.4 is 0 Å². The summed E-state index contributed by atoms with van der Waals surface area (Å²) in [5.41, 5.74) is 3.46. The summed E-state index contributed by atoms with van der Waals surface area (Å²) in [4.78, 5) is 9.94. The van der Waals surface area contributed by atoms with E-state index < -0.39 is 0 Å². The van der Waals surface area contributed by atoms with Crippen LogP contribution in [0.5, 0.6) is 0 Å². The molecule has 0 radical (unpaired) electrons. The topological polar surface area (TPSA) is 31.9 Å². The number of aromatic nitrogens is 2. The lowest BCUT2D eigenvalue weighted by atomic mass is 10.2. The Morgan fingerprint density at radius 2 is 2.13 bits per heavy atom. The van der Waals surface area contributed by atoms with Gasteiger partial charge >= 0.3 is 0 Å². The second kappa shape index (κ2) is 4.03. The quantitative estimate of drug-likeness (QED) is 0.829. The number of hydrogen-bond donors (Lipinski definition) is 1. The SMILES string of the molecule is CCc1ccc2c(CN(C)C)c[nH]c2n1. The summed E-state index contributed by atoms with van der Waals surface area (Å²) >= 11 is 0. The van der Waals surface area contributed by atoms with E-state index in [2.05, 4.69) is 54.2 Å². The van der Waals surface area contributed by atoms with E-state index in [4.69, 9.17) is 0 Å². The number of hydrogen-bond acceptors (Lipinski definition) is 2. The average Bonchev–Trinajstić information content (AvgIpc) is 2.60. The van der Waals surface area contributed by atoms with Crippen molar-refractivity contribution in [3.05, 3.63) is 29.6 Å². The minimum atomic E-state index is 0.952. The fraction of sp³-hybridized carbons (Fsp3) is 0.417. The summed E-state index contributed by atoms with van der Waals surface area (Å²) in [5.74, 6) is 0. The number of H-pyrrole nitrogens is 1. The van der Waals surface area contributed by atoms with E-state index in [-0.39, 0.29) is 0 Å². The molecule has 3 heteroatoms. The number of nitrogens with zero attached hydrogens (tertiary/aromatic N) is 2. The summed E-state index contributed by atoms with van der Waals surface area (Å²) in [7, 11) is 4.15. The van der Waals surface area contributed by atoms with Crippen LogP contribution in [0.15, 0.2) is 18.3 Å². The molecule has 2 heterocycles. The van der Waals surface area contributed by atoms with E-state index in [1.54, 1.807) is 0 Å². The van der Waals surface area contributed by atoms with E-state index in [1.807, 2.05) is 0 Å². The molecule has 0 amide bonds. The van der Waals surface area contributed by atoms with Gasteiger partial charge in [0, 0.05) is 23.8 Å². The van der Waals surface area contributed by atoms with E-state index in [0.29, 0.717) is 0 Å². The maximum Gasteiger partial charge on any atom is 0.137 e. The first-order valence-corrected chi connectivity index (χ1v) is 5.31. The van der Waals surface area contributed by atoms with Crippen molar-refractivity contribution in [2.45, 2.75) is 19.9 Å². The maximum absolute atomic E-state index is 4.55. The lowest BCUT2D eigenvalue weighted by Gasteiger charge is -2.07. The van der Waals surface area contributed by atoms with Crippen LogP contribution in [-0.4, -0.2) is 29.0 Å². The van der Waals surface area contributed by atoms with E-state index >= 15 is 0 Å². The van der Waals surface area contributed by atoms with Crippen LogP contribution in [0.3, 0.4) is 0 Å². The van der Waals surface area contributed by atoms with Crippen molar-refractivity contribution in [2.24, 2.45) is 0 Å². The van der Waals surface area contributed by atoms with Crippen molar-refractivity contribution in [3.8, 4) is 0 Å². The van der Waals surface area contributed by atoms with Crippen LogP contribution in [-0.2, 0) is 13.0 Å². The molecule has 0 fully saturated rings. The Hall–Kier alpha value is -1.35. The number of aryl methyl sites for hydroxylation is 1. The maximum atomic E-state index is 4.55. The molecule has 0 aliphatic rings. The second-order valence-electron chi connectivity index (χ2n) is 4.10. The van der Waals surface area contributed by atoms with Crippen molar-refractivity contribution in [1.29, 1.82) is 0 Å². The zero-order chi connectivity index (χ0) is 10.8. The lowest BCUT2D eigenvalue weighted by molar-refractivity contribution is 0.404. The van der Waals surface area contributed by atoms with Gasteiger partial charge in [-0.3, -0.25) is 0 Å². The summed E-state index contributed by atoms with van der Waals surface area (Å²) in [5, 5.41) is 1.24. The average molecular weight is 203 g/mol. The number of fused-ring (bicyclic) bond motifs is 1. The first-order valence-electron chi connectivity index (χ1n) is 5.31. The van der Waals surface area contributed by atoms with Gasteiger partial charge in [0.1, 0.15) is 5.65 Å². The molecule has 2 rings (SSSR count). The number of nitrogens with one attached hydrogen (secondary N) is 1. The number of aromatic amines is 1. The molecule has 2 aromatic heterocycles. The van der Waals surface area contributed by atoms with Crippen LogP contribution in [0.4, 0.5) is 0 Å². The first-order chi connectivity index (χ1) is 7.20. The van der Waals surface area contributed by atoms with Crippen molar-refractivity contribution < 1.29 is 0 Å². The van der Waals surface area contributed by atoms with Gasteiger partial charge in [0.25, 0.3) is 0 Å². The number of pyridine rings is 1. The van der Waals surface area contributed by atoms with Gasteiger partial charge in [-0.1, -0.05) is 6.92 Å². The Morgan fingerprint density at radius 1 is 1.33 bits per heavy atom.